The number of nitrogens with two attached hydrogens (primary N) is 1. The van der Waals surface area contributed by atoms with Crippen LogP contribution in [0.3, 0.4) is 0 Å². The van der Waals surface area contributed by atoms with Gasteiger partial charge in [-0.25, -0.2) is 10.1 Å². The van der Waals surface area contributed by atoms with Gasteiger partial charge in [-0.3, -0.25) is 9.36 Å². The summed E-state index contributed by atoms with van der Waals surface area (Å²) in [6.45, 7) is 3.76. The SMILES string of the molecule is CCOc1nc(N)nc2c1ncn2C1OC2(COP(=S)(NC(C)C(=O)OC(C)C)Oc3ccccc3)COC1C2O. The quantitative estimate of drug-likeness (QED) is 0.201. The van der Waals surface area contributed by atoms with Crippen LogP contribution in [-0.4, -0.2) is 80.4 Å². The number of benzene rings is 1. The van der Waals surface area contributed by atoms with E-state index in [4.69, 9.17) is 45.5 Å². The molecule has 16 heteroatoms. The number of esters is 1. The van der Waals surface area contributed by atoms with E-state index in [1.807, 2.05) is 13.0 Å². The second kappa shape index (κ2) is 11.8. The maximum atomic E-state index is 12.5. The number of imidazole rings is 1. The molecular formula is C25H33N6O8PS. The largest absolute Gasteiger partial charge is 0.476 e. The van der Waals surface area contributed by atoms with Crippen LogP contribution in [0.4, 0.5) is 5.95 Å². The van der Waals surface area contributed by atoms with E-state index in [1.54, 1.807) is 49.6 Å². The molecule has 2 fully saturated rings. The van der Waals surface area contributed by atoms with E-state index in [2.05, 4.69) is 20.0 Å². The lowest BCUT2D eigenvalue weighted by molar-refractivity contribution is -0.182. The first-order chi connectivity index (χ1) is 19.5. The molecule has 5 rings (SSSR count). The predicted molar refractivity (Wildman–Crippen MR) is 151 cm³/mol. The van der Waals surface area contributed by atoms with Gasteiger partial charge >= 0.3 is 12.6 Å². The molecular weight excluding hydrogens is 575 g/mol. The van der Waals surface area contributed by atoms with Crippen molar-refractivity contribution in [3.8, 4) is 11.6 Å². The molecule has 2 aromatic heterocycles. The first kappa shape index (κ1) is 29.6. The van der Waals surface area contributed by atoms with Gasteiger partial charge in [0, 0.05) is 0 Å². The highest BCUT2D eigenvalue weighted by Crippen LogP contribution is 2.51. The summed E-state index contributed by atoms with van der Waals surface area (Å²) in [5.41, 5.74) is 5.38. The molecule has 2 aliphatic rings. The molecule has 0 aliphatic carbocycles. The van der Waals surface area contributed by atoms with Crippen molar-refractivity contribution >= 4 is 41.5 Å². The molecule has 2 saturated heterocycles. The van der Waals surface area contributed by atoms with Gasteiger partial charge in [-0.1, -0.05) is 18.2 Å². The lowest BCUT2D eigenvalue weighted by Crippen LogP contribution is -2.46. The minimum absolute atomic E-state index is 0.000286. The number of hydrogen-bond donors (Lipinski definition) is 3. The summed E-state index contributed by atoms with van der Waals surface area (Å²) in [7, 11) is 0. The summed E-state index contributed by atoms with van der Waals surface area (Å²) < 4.78 is 37.1. The number of aromatic nitrogens is 4. The van der Waals surface area contributed by atoms with Crippen LogP contribution in [-0.2, 0) is 35.3 Å². The monoisotopic (exact) mass is 608 g/mol. The zero-order valence-electron chi connectivity index (χ0n) is 23.0. The maximum Gasteiger partial charge on any atom is 0.323 e. The summed E-state index contributed by atoms with van der Waals surface area (Å²) in [6.07, 6.45) is -1.46. The van der Waals surface area contributed by atoms with Crippen molar-refractivity contribution in [2.45, 2.75) is 63.9 Å². The van der Waals surface area contributed by atoms with Gasteiger partial charge in [0.05, 0.1) is 32.3 Å². The van der Waals surface area contributed by atoms with Crippen molar-refractivity contribution in [2.75, 3.05) is 25.6 Å². The summed E-state index contributed by atoms with van der Waals surface area (Å²) in [4.78, 5) is 25.4. The molecule has 222 valence electrons. The van der Waals surface area contributed by atoms with Crippen LogP contribution in [0.2, 0.25) is 0 Å². The number of rotatable bonds is 12. The Balaban J connectivity index is 1.38. The number of ether oxygens (including phenoxy) is 4. The van der Waals surface area contributed by atoms with E-state index >= 15 is 0 Å². The van der Waals surface area contributed by atoms with E-state index in [0.29, 0.717) is 23.5 Å². The Labute approximate surface area is 241 Å². The van der Waals surface area contributed by atoms with E-state index in [9.17, 15) is 9.90 Å². The van der Waals surface area contributed by atoms with Crippen molar-refractivity contribution in [3.05, 3.63) is 36.7 Å². The lowest BCUT2D eigenvalue weighted by atomic mass is 10.0. The summed E-state index contributed by atoms with van der Waals surface area (Å²) in [6, 6.07) is 8.03. The molecule has 4 N–H and O–H groups in total. The topological polar surface area (TPSA) is 174 Å². The average molecular weight is 609 g/mol. The first-order valence-electron chi connectivity index (χ1n) is 13.1. The smallest absolute Gasteiger partial charge is 0.323 e. The maximum absolute atomic E-state index is 12.5. The average Bonchev–Trinajstić information content (AvgIpc) is 3.57. The van der Waals surface area contributed by atoms with Gasteiger partial charge < -0.3 is 38.8 Å². The number of carbonyl (C=O) groups excluding carboxylic acids is 1. The molecule has 41 heavy (non-hydrogen) atoms. The highest BCUT2D eigenvalue weighted by Gasteiger charge is 2.62. The van der Waals surface area contributed by atoms with Crippen molar-refractivity contribution in [2.24, 2.45) is 0 Å². The molecule has 2 bridgehead atoms. The number of nitrogen functional groups attached to an aromatic ring is 1. The molecule has 0 radical (unpaired) electrons. The van der Waals surface area contributed by atoms with Crippen molar-refractivity contribution in [3.63, 3.8) is 0 Å². The molecule has 14 nitrogen and oxygen atoms in total. The molecule has 0 spiro atoms. The van der Waals surface area contributed by atoms with Crippen LogP contribution in [0, 0.1) is 0 Å². The van der Waals surface area contributed by atoms with Gasteiger partial charge in [0.1, 0.15) is 29.6 Å². The Kier molecular flexibility index (Phi) is 8.48. The number of hydrogen-bond acceptors (Lipinski definition) is 13. The van der Waals surface area contributed by atoms with E-state index in [-0.39, 0.29) is 31.1 Å². The third-order valence-corrected chi connectivity index (χ3v) is 8.95. The van der Waals surface area contributed by atoms with Gasteiger partial charge in [-0.05, 0) is 51.6 Å². The van der Waals surface area contributed by atoms with Gasteiger partial charge in [-0.15, -0.1) is 0 Å². The fourth-order valence-corrected chi connectivity index (χ4v) is 7.04. The number of nitrogens with zero attached hydrogens (tertiary/aromatic N) is 4. The van der Waals surface area contributed by atoms with E-state index in [0.717, 1.165) is 0 Å². The Morgan fingerprint density at radius 3 is 2.78 bits per heavy atom. The number of carbonyl (C=O) groups is 1. The standard InChI is InChI=1S/C25H33N6O8PS/c1-5-34-21-17-20(28-24(26)29-21)31(13-27-17)22-18-19(32)25(38-22,11-35-18)12-36-40(41,39-16-9-7-6-8-10-16)30-15(4)23(33)37-14(2)3/h6-10,13-15,18-19,22,32H,5,11-12H2,1-4H3,(H,30,41)(H2,26,28,29). The summed E-state index contributed by atoms with van der Waals surface area (Å²) in [5.74, 6) is 0.185. The zero-order valence-corrected chi connectivity index (χ0v) is 24.7. The highest BCUT2D eigenvalue weighted by molar-refractivity contribution is 8.09. The number of anilines is 1. The van der Waals surface area contributed by atoms with Crippen LogP contribution < -0.4 is 20.1 Å². The Morgan fingerprint density at radius 2 is 2.07 bits per heavy atom. The summed E-state index contributed by atoms with van der Waals surface area (Å²) >= 11 is 5.81. The van der Waals surface area contributed by atoms with E-state index < -0.39 is 42.7 Å². The molecule has 0 amide bonds. The number of aliphatic hydroxyl groups is 1. The molecule has 6 unspecified atom stereocenters. The minimum atomic E-state index is -3.39. The second-order valence-electron chi connectivity index (χ2n) is 9.95. The van der Waals surface area contributed by atoms with E-state index in [1.165, 1.54) is 6.33 Å². The Morgan fingerprint density at radius 1 is 1.32 bits per heavy atom. The van der Waals surface area contributed by atoms with Gasteiger partial charge in [0.15, 0.2) is 17.4 Å². The van der Waals surface area contributed by atoms with Crippen LogP contribution >= 0.6 is 6.64 Å². The van der Waals surface area contributed by atoms with Crippen molar-refractivity contribution < 1.29 is 37.9 Å². The van der Waals surface area contributed by atoms with Crippen LogP contribution in [0.1, 0.15) is 33.9 Å². The minimum Gasteiger partial charge on any atom is -0.476 e. The fraction of sp³-hybridized carbons (Fsp3) is 0.520. The van der Waals surface area contributed by atoms with Crippen LogP contribution in [0.5, 0.6) is 11.6 Å². The highest BCUT2D eigenvalue weighted by atomic mass is 32.5. The second-order valence-corrected chi connectivity index (χ2v) is 13.1. The normalized spacial score (nSPS) is 25.8. The number of fused-ring (bicyclic) bond motifs is 3. The predicted octanol–water partition coefficient (Wildman–Crippen LogP) is 2.08. The zero-order chi connectivity index (χ0) is 29.4. The molecule has 6 atom stereocenters. The third-order valence-electron chi connectivity index (χ3n) is 6.47. The van der Waals surface area contributed by atoms with Gasteiger partial charge in [0.2, 0.25) is 11.8 Å². The molecule has 1 aromatic carbocycles. The molecule has 0 saturated carbocycles. The Bertz CT molecular complexity index is 1440. The molecule has 2 aliphatic heterocycles. The Hall–Kier alpha value is -2.91. The fourth-order valence-electron chi connectivity index (χ4n) is 4.60. The molecule has 4 heterocycles. The third kappa shape index (κ3) is 6.02. The molecule has 3 aromatic rings. The van der Waals surface area contributed by atoms with Gasteiger partial charge in [0.25, 0.3) is 0 Å². The van der Waals surface area contributed by atoms with Crippen molar-refractivity contribution in [1.29, 1.82) is 0 Å². The number of aliphatic hydroxyl groups excluding tert-OH is 1. The van der Waals surface area contributed by atoms with Crippen molar-refractivity contribution in [1.82, 2.24) is 24.6 Å². The van der Waals surface area contributed by atoms with Crippen LogP contribution in [0.25, 0.3) is 11.2 Å². The van der Waals surface area contributed by atoms with Crippen LogP contribution in [0.15, 0.2) is 36.7 Å². The number of para-hydroxylation sites is 1. The first-order valence-corrected chi connectivity index (χ1v) is 15.8. The lowest BCUT2D eigenvalue weighted by Gasteiger charge is -2.33. The summed E-state index contributed by atoms with van der Waals surface area (Å²) in [5, 5.41) is 14.3. The van der Waals surface area contributed by atoms with Gasteiger partial charge in [-0.2, -0.15) is 9.97 Å². The number of nitrogens with one attached hydrogen (secondary N) is 1.